The molecule has 1 amide bonds. The minimum absolute atomic E-state index is 0.00199. The van der Waals surface area contributed by atoms with Crippen LogP contribution in [0.1, 0.15) is 32.6 Å². The number of amides is 1. The molecule has 2 N–H and O–H groups in total. The van der Waals surface area contributed by atoms with Crippen LogP contribution < -0.4 is 0 Å². The summed E-state index contributed by atoms with van der Waals surface area (Å²) in [6.45, 7) is 1.98. The summed E-state index contributed by atoms with van der Waals surface area (Å²) in [5.74, 6) is -0.849. The van der Waals surface area contributed by atoms with Crippen LogP contribution in [0.3, 0.4) is 0 Å². The number of carboxylic acid groups (broad SMARTS) is 1. The van der Waals surface area contributed by atoms with Crippen molar-refractivity contribution >= 4 is 11.9 Å². The molecule has 0 aliphatic heterocycles. The van der Waals surface area contributed by atoms with Crippen LogP contribution in [-0.4, -0.2) is 46.2 Å². The molecule has 1 atom stereocenters. The minimum Gasteiger partial charge on any atom is -0.481 e. The molecule has 0 saturated heterocycles. The number of nitrogens with zero attached hydrogens (tertiary/aromatic N) is 1. The molecular formula is C11H19NO4. The van der Waals surface area contributed by atoms with Gasteiger partial charge < -0.3 is 15.1 Å². The second-order valence-electron chi connectivity index (χ2n) is 4.19. The van der Waals surface area contributed by atoms with Crippen LogP contribution in [-0.2, 0) is 9.59 Å². The van der Waals surface area contributed by atoms with Crippen molar-refractivity contribution in [3.05, 3.63) is 0 Å². The zero-order chi connectivity index (χ0) is 12.1. The maximum Gasteiger partial charge on any atom is 0.305 e. The van der Waals surface area contributed by atoms with Crippen LogP contribution in [0, 0.1) is 5.92 Å². The van der Waals surface area contributed by atoms with Gasteiger partial charge in [0.05, 0.1) is 19.1 Å². The van der Waals surface area contributed by atoms with Crippen LogP contribution in [0.4, 0.5) is 0 Å². The first kappa shape index (κ1) is 13.0. The number of aliphatic hydroxyl groups excluding tert-OH is 1. The molecule has 5 nitrogen and oxygen atoms in total. The second-order valence-corrected chi connectivity index (χ2v) is 4.19. The smallest absolute Gasteiger partial charge is 0.305 e. The molecule has 16 heavy (non-hydrogen) atoms. The normalized spacial score (nSPS) is 16.9. The number of hydrogen-bond acceptors (Lipinski definition) is 3. The van der Waals surface area contributed by atoms with Crippen LogP contribution in [0.2, 0.25) is 0 Å². The van der Waals surface area contributed by atoms with Gasteiger partial charge in [-0.3, -0.25) is 9.59 Å². The average molecular weight is 229 g/mol. The van der Waals surface area contributed by atoms with E-state index in [2.05, 4.69) is 0 Å². The number of hydrogen-bond donors (Lipinski definition) is 2. The molecule has 0 spiro atoms. The van der Waals surface area contributed by atoms with Gasteiger partial charge in [-0.15, -0.1) is 0 Å². The number of carboxylic acids is 1. The molecular weight excluding hydrogens is 210 g/mol. The van der Waals surface area contributed by atoms with Gasteiger partial charge in [0.1, 0.15) is 0 Å². The number of carbonyl (C=O) groups is 2. The van der Waals surface area contributed by atoms with Gasteiger partial charge in [0.25, 0.3) is 0 Å². The highest BCUT2D eigenvalue weighted by Crippen LogP contribution is 2.31. The molecule has 92 valence electrons. The summed E-state index contributed by atoms with van der Waals surface area (Å²) in [5, 5.41) is 17.8. The third-order valence-corrected chi connectivity index (χ3v) is 2.90. The number of carbonyl (C=O) groups excluding carboxylic acids is 1. The Morgan fingerprint density at radius 3 is 2.44 bits per heavy atom. The van der Waals surface area contributed by atoms with E-state index in [-0.39, 0.29) is 37.4 Å². The Morgan fingerprint density at radius 1 is 1.44 bits per heavy atom. The standard InChI is InChI=1S/C11H19NO4/c1-2-9(7-13)12(6-5-10(14)15)11(16)8-3-4-8/h8-9,13H,2-7H2,1H3,(H,14,15). The summed E-state index contributed by atoms with van der Waals surface area (Å²) in [4.78, 5) is 23.9. The van der Waals surface area contributed by atoms with Crippen molar-refractivity contribution in [2.45, 2.75) is 38.6 Å². The molecule has 0 aromatic heterocycles. The highest BCUT2D eigenvalue weighted by molar-refractivity contribution is 5.81. The zero-order valence-electron chi connectivity index (χ0n) is 9.56. The second kappa shape index (κ2) is 5.84. The predicted octanol–water partition coefficient (Wildman–Crippen LogP) is 0.471. The number of aliphatic carboxylic acids is 1. The van der Waals surface area contributed by atoms with Gasteiger partial charge in [0.15, 0.2) is 0 Å². The molecule has 1 rings (SSSR count). The maximum absolute atomic E-state index is 11.9. The van der Waals surface area contributed by atoms with Gasteiger partial charge in [0.2, 0.25) is 5.91 Å². The highest BCUT2D eigenvalue weighted by atomic mass is 16.4. The van der Waals surface area contributed by atoms with Crippen LogP contribution in [0.25, 0.3) is 0 Å². The largest absolute Gasteiger partial charge is 0.481 e. The summed E-state index contributed by atoms with van der Waals surface area (Å²) in [7, 11) is 0. The monoisotopic (exact) mass is 229 g/mol. The lowest BCUT2D eigenvalue weighted by molar-refractivity contribution is -0.140. The van der Waals surface area contributed by atoms with Crippen molar-refractivity contribution < 1.29 is 19.8 Å². The van der Waals surface area contributed by atoms with Crippen LogP contribution in [0.5, 0.6) is 0 Å². The van der Waals surface area contributed by atoms with Gasteiger partial charge in [-0.05, 0) is 19.3 Å². The molecule has 0 heterocycles. The lowest BCUT2D eigenvalue weighted by Gasteiger charge is -2.29. The van der Waals surface area contributed by atoms with Gasteiger partial charge >= 0.3 is 5.97 Å². The number of aliphatic hydroxyl groups is 1. The van der Waals surface area contributed by atoms with Gasteiger partial charge in [-0.25, -0.2) is 0 Å². The molecule has 1 unspecified atom stereocenters. The molecule has 5 heteroatoms. The Balaban J connectivity index is 2.58. The van der Waals surface area contributed by atoms with E-state index < -0.39 is 5.97 Å². The molecule has 0 bridgehead atoms. The first-order valence-electron chi connectivity index (χ1n) is 5.73. The molecule has 1 aliphatic carbocycles. The van der Waals surface area contributed by atoms with Crippen molar-refractivity contribution in [2.75, 3.05) is 13.2 Å². The van der Waals surface area contributed by atoms with Crippen LogP contribution in [0.15, 0.2) is 0 Å². The Bertz CT molecular complexity index is 259. The summed E-state index contributed by atoms with van der Waals surface area (Å²) >= 11 is 0. The molecule has 0 aromatic rings. The topological polar surface area (TPSA) is 77.8 Å². The molecule has 0 radical (unpaired) electrons. The van der Waals surface area contributed by atoms with E-state index >= 15 is 0 Å². The van der Waals surface area contributed by atoms with Crippen molar-refractivity contribution in [2.24, 2.45) is 5.92 Å². The fraction of sp³-hybridized carbons (Fsp3) is 0.818. The third kappa shape index (κ3) is 3.48. The SMILES string of the molecule is CCC(CO)N(CCC(=O)O)C(=O)C1CC1. The van der Waals surface area contributed by atoms with E-state index in [1.54, 1.807) is 0 Å². The van der Waals surface area contributed by atoms with Gasteiger partial charge in [-0.2, -0.15) is 0 Å². The average Bonchev–Trinajstić information content (AvgIpc) is 3.06. The Morgan fingerprint density at radius 2 is 2.06 bits per heavy atom. The lowest BCUT2D eigenvalue weighted by atomic mass is 10.1. The summed E-state index contributed by atoms with van der Waals surface area (Å²) in [6, 6.07) is -0.243. The maximum atomic E-state index is 11.9. The van der Waals surface area contributed by atoms with Gasteiger partial charge in [0, 0.05) is 12.5 Å². The molecule has 1 aliphatic rings. The Labute approximate surface area is 95.1 Å². The van der Waals surface area contributed by atoms with E-state index in [4.69, 9.17) is 5.11 Å². The van der Waals surface area contributed by atoms with E-state index in [9.17, 15) is 14.7 Å². The quantitative estimate of drug-likeness (QED) is 0.665. The summed E-state index contributed by atoms with van der Waals surface area (Å²) < 4.78 is 0. The van der Waals surface area contributed by atoms with E-state index in [0.717, 1.165) is 12.8 Å². The van der Waals surface area contributed by atoms with Gasteiger partial charge in [-0.1, -0.05) is 6.92 Å². The highest BCUT2D eigenvalue weighted by Gasteiger charge is 2.35. The molecule has 0 aromatic carbocycles. The van der Waals surface area contributed by atoms with Crippen molar-refractivity contribution in [3.63, 3.8) is 0 Å². The Hall–Kier alpha value is -1.10. The summed E-state index contributed by atoms with van der Waals surface area (Å²) in [6.07, 6.45) is 2.37. The van der Waals surface area contributed by atoms with Crippen molar-refractivity contribution in [1.82, 2.24) is 4.90 Å². The molecule has 1 fully saturated rings. The zero-order valence-corrected chi connectivity index (χ0v) is 9.56. The Kier molecular flexibility index (Phi) is 4.73. The first-order valence-corrected chi connectivity index (χ1v) is 5.73. The molecule has 1 saturated carbocycles. The van der Waals surface area contributed by atoms with Crippen molar-refractivity contribution in [1.29, 1.82) is 0 Å². The van der Waals surface area contributed by atoms with E-state index in [0.29, 0.717) is 6.42 Å². The van der Waals surface area contributed by atoms with E-state index in [1.807, 2.05) is 6.92 Å². The third-order valence-electron chi connectivity index (χ3n) is 2.90. The van der Waals surface area contributed by atoms with Crippen molar-refractivity contribution in [3.8, 4) is 0 Å². The fourth-order valence-corrected chi connectivity index (χ4v) is 1.70. The van der Waals surface area contributed by atoms with Crippen LogP contribution >= 0.6 is 0 Å². The fourth-order valence-electron chi connectivity index (χ4n) is 1.70. The summed E-state index contributed by atoms with van der Waals surface area (Å²) in [5.41, 5.74) is 0. The lowest BCUT2D eigenvalue weighted by Crippen LogP contribution is -2.44. The number of rotatable bonds is 7. The minimum atomic E-state index is -0.915. The predicted molar refractivity (Wildman–Crippen MR) is 57.9 cm³/mol. The first-order chi connectivity index (χ1) is 7.60. The van der Waals surface area contributed by atoms with E-state index in [1.165, 1.54) is 4.90 Å².